The normalized spacial score (nSPS) is 21.1. The first kappa shape index (κ1) is 17.7. The highest BCUT2D eigenvalue weighted by atomic mass is 32.1. The van der Waals surface area contributed by atoms with E-state index in [9.17, 15) is 0 Å². The monoisotopic (exact) mass is 420 g/mol. The lowest BCUT2D eigenvalue weighted by Gasteiger charge is -2.32. The third-order valence-electron chi connectivity index (χ3n) is 5.76. The van der Waals surface area contributed by atoms with Gasteiger partial charge in [0.2, 0.25) is 5.95 Å². The van der Waals surface area contributed by atoms with Gasteiger partial charge in [-0.3, -0.25) is 4.90 Å². The van der Waals surface area contributed by atoms with Crippen molar-refractivity contribution in [2.75, 3.05) is 30.4 Å². The van der Waals surface area contributed by atoms with Gasteiger partial charge in [0.05, 0.1) is 16.4 Å². The fourth-order valence-electron chi connectivity index (χ4n) is 4.31. The molecule has 2 aliphatic heterocycles. The Morgan fingerprint density at radius 1 is 1.10 bits per heavy atom. The number of pyridine rings is 1. The molecular formula is C20H20N8OS. The minimum absolute atomic E-state index is 0.493. The summed E-state index contributed by atoms with van der Waals surface area (Å²) in [5, 5.41) is 4.06. The van der Waals surface area contributed by atoms with Gasteiger partial charge in [-0.2, -0.15) is 4.98 Å². The minimum atomic E-state index is 0.493. The second kappa shape index (κ2) is 6.71. The molecule has 6 heterocycles. The largest absolute Gasteiger partial charge is 0.443 e. The molecule has 2 aliphatic rings. The lowest BCUT2D eigenvalue weighted by Crippen LogP contribution is -2.45. The molecule has 2 atom stereocenters. The van der Waals surface area contributed by atoms with E-state index >= 15 is 0 Å². The molecule has 2 bridgehead atoms. The number of aromatic nitrogens is 5. The third kappa shape index (κ3) is 2.99. The van der Waals surface area contributed by atoms with E-state index in [0.717, 1.165) is 45.8 Å². The second-order valence-electron chi connectivity index (χ2n) is 7.85. The number of hydrogen-bond donors (Lipinski definition) is 1. The number of oxazole rings is 1. The van der Waals surface area contributed by atoms with Crippen LogP contribution in [-0.4, -0.2) is 62.0 Å². The molecule has 0 aliphatic carbocycles. The van der Waals surface area contributed by atoms with Crippen LogP contribution in [0.5, 0.6) is 0 Å². The molecule has 2 fully saturated rings. The van der Waals surface area contributed by atoms with Crippen molar-refractivity contribution in [1.82, 2.24) is 29.8 Å². The van der Waals surface area contributed by atoms with Crippen LogP contribution in [0.15, 0.2) is 35.2 Å². The van der Waals surface area contributed by atoms with Crippen molar-refractivity contribution in [3.05, 3.63) is 36.5 Å². The van der Waals surface area contributed by atoms with Crippen LogP contribution < -0.4 is 10.2 Å². The van der Waals surface area contributed by atoms with E-state index in [4.69, 9.17) is 14.4 Å². The van der Waals surface area contributed by atoms with Gasteiger partial charge in [-0.15, -0.1) is 11.3 Å². The van der Waals surface area contributed by atoms with E-state index in [1.54, 1.807) is 12.5 Å². The average Bonchev–Trinajstić information content (AvgIpc) is 3.49. The Kier molecular flexibility index (Phi) is 3.96. The molecule has 2 saturated heterocycles. The van der Waals surface area contributed by atoms with Crippen LogP contribution in [0.25, 0.3) is 21.1 Å². The molecule has 0 radical (unpaired) electrons. The summed E-state index contributed by atoms with van der Waals surface area (Å²) in [6.45, 7) is 4.05. The number of nitrogens with one attached hydrogen (secondary N) is 1. The summed E-state index contributed by atoms with van der Waals surface area (Å²) in [6, 6.07) is 4.95. The Morgan fingerprint density at radius 3 is 2.80 bits per heavy atom. The maximum Gasteiger partial charge on any atom is 0.255 e. The van der Waals surface area contributed by atoms with Crippen molar-refractivity contribution in [2.24, 2.45) is 0 Å². The maximum absolute atomic E-state index is 5.35. The van der Waals surface area contributed by atoms with Crippen molar-refractivity contribution in [3.63, 3.8) is 0 Å². The molecule has 30 heavy (non-hydrogen) atoms. The second-order valence-corrected chi connectivity index (χ2v) is 8.88. The molecule has 0 unspecified atom stereocenters. The van der Waals surface area contributed by atoms with Gasteiger partial charge >= 0.3 is 0 Å². The number of likely N-dealkylation sites (tertiary alicyclic amines) is 1. The molecule has 152 valence electrons. The lowest BCUT2D eigenvalue weighted by atomic mass is 10.2. The van der Waals surface area contributed by atoms with Crippen LogP contribution in [0.2, 0.25) is 0 Å². The molecular weight excluding hydrogens is 400 g/mol. The highest BCUT2D eigenvalue weighted by Crippen LogP contribution is 2.33. The predicted octanol–water partition coefficient (Wildman–Crippen LogP) is 3.08. The van der Waals surface area contributed by atoms with E-state index in [0.29, 0.717) is 23.8 Å². The number of rotatable bonds is 4. The van der Waals surface area contributed by atoms with Crippen molar-refractivity contribution < 1.29 is 4.42 Å². The number of aryl methyl sites for hydroxylation is 1. The summed E-state index contributed by atoms with van der Waals surface area (Å²) in [7, 11) is 2.19. The molecule has 4 aromatic heterocycles. The van der Waals surface area contributed by atoms with E-state index in [1.165, 1.54) is 17.8 Å². The van der Waals surface area contributed by atoms with Crippen LogP contribution in [0, 0.1) is 6.92 Å². The zero-order valence-corrected chi connectivity index (χ0v) is 17.4. The summed E-state index contributed by atoms with van der Waals surface area (Å²) in [4.78, 5) is 27.6. The number of thiazole rings is 1. The molecule has 0 saturated carbocycles. The number of fused-ring (bicyclic) bond motifs is 3. The van der Waals surface area contributed by atoms with E-state index < -0.39 is 0 Å². The van der Waals surface area contributed by atoms with Gasteiger partial charge in [0, 0.05) is 49.2 Å². The summed E-state index contributed by atoms with van der Waals surface area (Å²) in [5.41, 5.74) is 1.77. The van der Waals surface area contributed by atoms with Gasteiger partial charge in [-0.25, -0.2) is 19.9 Å². The molecule has 0 aromatic carbocycles. The highest BCUT2D eigenvalue weighted by molar-refractivity contribution is 7.21. The maximum atomic E-state index is 5.35. The number of hydrogen-bond acceptors (Lipinski definition) is 10. The van der Waals surface area contributed by atoms with Crippen LogP contribution in [0.3, 0.4) is 0 Å². The first-order chi connectivity index (χ1) is 14.6. The standard InChI is InChI=1S/C20H20N8OS/c1-11-5-17(26-20(23-11)28-10-12-6-13(28)9-27(12)2)25-16-7-14-15(8-22-16)30-19(24-14)18-21-3-4-29-18/h3-5,7-8,12-13H,6,9-10H2,1-2H3,(H,22,23,25,26)/t12-,13-/m0/s1. The molecule has 0 amide bonds. The van der Waals surface area contributed by atoms with Crippen molar-refractivity contribution in [3.8, 4) is 10.9 Å². The Balaban J connectivity index is 1.28. The zero-order chi connectivity index (χ0) is 20.2. The summed E-state index contributed by atoms with van der Waals surface area (Å²) in [6.07, 6.45) is 6.16. The number of nitrogens with zero attached hydrogens (tertiary/aromatic N) is 7. The van der Waals surface area contributed by atoms with E-state index in [2.05, 4.69) is 37.1 Å². The third-order valence-corrected chi connectivity index (χ3v) is 6.75. The van der Waals surface area contributed by atoms with Gasteiger partial charge in [-0.05, 0) is 20.4 Å². The van der Waals surface area contributed by atoms with Gasteiger partial charge in [0.1, 0.15) is 17.9 Å². The molecule has 6 rings (SSSR count). The number of likely N-dealkylation sites (N-methyl/N-ethyl adjacent to an activating group) is 1. The first-order valence-corrected chi connectivity index (χ1v) is 10.7. The van der Waals surface area contributed by atoms with E-state index in [-0.39, 0.29) is 0 Å². The van der Waals surface area contributed by atoms with E-state index in [1.807, 2.05) is 25.3 Å². The van der Waals surface area contributed by atoms with Crippen molar-refractivity contribution >= 4 is 39.1 Å². The summed E-state index contributed by atoms with van der Waals surface area (Å²) in [5.74, 6) is 2.74. The van der Waals surface area contributed by atoms with Gasteiger partial charge in [-0.1, -0.05) is 0 Å². The number of piperazine rings is 1. The highest BCUT2D eigenvalue weighted by Gasteiger charge is 2.42. The molecule has 10 heteroatoms. The Morgan fingerprint density at radius 2 is 2.03 bits per heavy atom. The molecule has 0 spiro atoms. The minimum Gasteiger partial charge on any atom is -0.443 e. The topological polar surface area (TPSA) is 96.1 Å². The van der Waals surface area contributed by atoms with Crippen LogP contribution in [-0.2, 0) is 0 Å². The van der Waals surface area contributed by atoms with Crippen LogP contribution in [0.4, 0.5) is 17.6 Å². The summed E-state index contributed by atoms with van der Waals surface area (Å²) >= 11 is 1.50. The van der Waals surface area contributed by atoms with Gasteiger partial charge in [0.15, 0.2) is 5.01 Å². The Hall–Kier alpha value is -3.11. The predicted molar refractivity (Wildman–Crippen MR) is 115 cm³/mol. The molecule has 9 nitrogen and oxygen atoms in total. The Bertz CT molecular complexity index is 1220. The first-order valence-electron chi connectivity index (χ1n) is 9.88. The van der Waals surface area contributed by atoms with Gasteiger partial charge < -0.3 is 14.6 Å². The molecule has 4 aromatic rings. The van der Waals surface area contributed by atoms with Gasteiger partial charge in [0.25, 0.3) is 5.89 Å². The van der Waals surface area contributed by atoms with Crippen LogP contribution in [0.1, 0.15) is 12.1 Å². The quantitative estimate of drug-likeness (QED) is 0.534. The van der Waals surface area contributed by atoms with Crippen molar-refractivity contribution in [2.45, 2.75) is 25.4 Å². The average molecular weight is 421 g/mol. The van der Waals surface area contributed by atoms with Crippen LogP contribution >= 0.6 is 11.3 Å². The molecule has 1 N–H and O–H groups in total. The fourth-order valence-corrected chi connectivity index (χ4v) is 5.17. The number of anilines is 3. The smallest absolute Gasteiger partial charge is 0.255 e. The lowest BCUT2D eigenvalue weighted by molar-refractivity contribution is 0.291. The SMILES string of the molecule is Cc1cc(Nc2cc3nc(-c4ncco4)sc3cn2)nc(N2C[C@@H]3C[C@H]2CN3C)n1. The zero-order valence-electron chi connectivity index (χ0n) is 16.6. The van der Waals surface area contributed by atoms with Crippen molar-refractivity contribution in [1.29, 1.82) is 0 Å². The fraction of sp³-hybridized carbons (Fsp3) is 0.350. The Labute approximate surface area is 176 Å². The summed E-state index contributed by atoms with van der Waals surface area (Å²) < 4.78 is 6.33.